The van der Waals surface area contributed by atoms with Crippen molar-refractivity contribution in [2.45, 2.75) is 32.9 Å². The number of amides is 1. The molecule has 1 atom stereocenters. The second-order valence-electron chi connectivity index (χ2n) is 6.77. The summed E-state index contributed by atoms with van der Waals surface area (Å²) >= 11 is 0. The highest BCUT2D eigenvalue weighted by molar-refractivity contribution is 5.92. The van der Waals surface area contributed by atoms with Gasteiger partial charge in [-0.25, -0.2) is 9.97 Å². The molecule has 138 valence electrons. The van der Waals surface area contributed by atoms with E-state index >= 15 is 0 Å². The Hall–Kier alpha value is -2.47. The Morgan fingerprint density at radius 3 is 2.58 bits per heavy atom. The van der Waals surface area contributed by atoms with Gasteiger partial charge >= 0.3 is 0 Å². The average Bonchev–Trinajstić information content (AvgIpc) is 2.69. The van der Waals surface area contributed by atoms with Crippen molar-refractivity contribution in [3.8, 4) is 0 Å². The maximum Gasteiger partial charge on any atom is 0.272 e. The van der Waals surface area contributed by atoms with E-state index in [-0.39, 0.29) is 11.9 Å². The lowest BCUT2D eigenvalue weighted by Gasteiger charge is -2.34. The molecule has 1 saturated heterocycles. The van der Waals surface area contributed by atoms with Gasteiger partial charge in [0.25, 0.3) is 5.91 Å². The first-order valence-corrected chi connectivity index (χ1v) is 9.31. The summed E-state index contributed by atoms with van der Waals surface area (Å²) in [7, 11) is 0. The van der Waals surface area contributed by atoms with E-state index in [0.717, 1.165) is 39.1 Å². The number of hydrogen-bond donors (Lipinski definition) is 1. The van der Waals surface area contributed by atoms with Crippen LogP contribution < -0.4 is 5.32 Å². The van der Waals surface area contributed by atoms with E-state index in [9.17, 15) is 4.79 Å². The van der Waals surface area contributed by atoms with Gasteiger partial charge < -0.3 is 10.2 Å². The van der Waals surface area contributed by atoms with E-state index in [1.165, 1.54) is 5.56 Å². The third kappa shape index (κ3) is 4.79. The number of piperazine rings is 1. The standard InChI is InChI=1S/C20H27N5O/c1-3-16(2)22-20-21-10-9-18(23-20)19(26)25-13-11-24(12-14-25)15-17-7-5-4-6-8-17/h4-10,16H,3,11-15H2,1-2H3,(H,21,22,23). The van der Waals surface area contributed by atoms with Gasteiger partial charge in [-0.2, -0.15) is 0 Å². The fraction of sp³-hybridized carbons (Fsp3) is 0.450. The molecular weight excluding hydrogens is 326 g/mol. The van der Waals surface area contributed by atoms with Crippen LogP contribution in [0.2, 0.25) is 0 Å². The van der Waals surface area contributed by atoms with Crippen molar-refractivity contribution in [2.75, 3.05) is 31.5 Å². The summed E-state index contributed by atoms with van der Waals surface area (Å²) in [5, 5.41) is 3.22. The molecule has 0 radical (unpaired) electrons. The normalized spacial score (nSPS) is 16.3. The lowest BCUT2D eigenvalue weighted by atomic mass is 10.2. The van der Waals surface area contributed by atoms with Crippen LogP contribution in [0.5, 0.6) is 0 Å². The molecule has 0 bridgehead atoms. The molecule has 1 aromatic carbocycles. The molecule has 1 fully saturated rings. The molecule has 1 aromatic heterocycles. The third-order valence-electron chi connectivity index (χ3n) is 4.77. The van der Waals surface area contributed by atoms with E-state index < -0.39 is 0 Å². The second-order valence-corrected chi connectivity index (χ2v) is 6.77. The Balaban J connectivity index is 1.56. The fourth-order valence-electron chi connectivity index (χ4n) is 2.98. The largest absolute Gasteiger partial charge is 0.352 e. The highest BCUT2D eigenvalue weighted by Gasteiger charge is 2.23. The minimum absolute atomic E-state index is 0.0148. The molecule has 26 heavy (non-hydrogen) atoms. The van der Waals surface area contributed by atoms with Crippen molar-refractivity contribution in [3.63, 3.8) is 0 Å². The number of carbonyl (C=O) groups is 1. The topological polar surface area (TPSA) is 61.4 Å². The van der Waals surface area contributed by atoms with Crippen LogP contribution in [0.3, 0.4) is 0 Å². The third-order valence-corrected chi connectivity index (χ3v) is 4.77. The van der Waals surface area contributed by atoms with Crippen LogP contribution in [-0.2, 0) is 6.54 Å². The number of nitrogens with zero attached hydrogens (tertiary/aromatic N) is 4. The number of nitrogens with one attached hydrogen (secondary N) is 1. The second kappa shape index (κ2) is 8.76. The summed E-state index contributed by atoms with van der Waals surface area (Å²) in [5.41, 5.74) is 1.77. The smallest absolute Gasteiger partial charge is 0.272 e. The molecule has 1 amide bonds. The molecule has 1 unspecified atom stereocenters. The first-order valence-electron chi connectivity index (χ1n) is 9.31. The molecule has 0 saturated carbocycles. The van der Waals surface area contributed by atoms with Crippen LogP contribution in [0.4, 0.5) is 5.95 Å². The molecule has 6 nitrogen and oxygen atoms in total. The van der Waals surface area contributed by atoms with Crippen LogP contribution in [0.1, 0.15) is 36.3 Å². The summed E-state index contributed by atoms with van der Waals surface area (Å²) in [4.78, 5) is 25.6. The SMILES string of the molecule is CCC(C)Nc1nccc(C(=O)N2CCN(Cc3ccccc3)CC2)n1. The van der Waals surface area contributed by atoms with E-state index in [1.807, 2.05) is 11.0 Å². The van der Waals surface area contributed by atoms with Gasteiger partial charge in [-0.1, -0.05) is 37.3 Å². The maximum absolute atomic E-state index is 12.8. The van der Waals surface area contributed by atoms with Crippen molar-refractivity contribution in [1.82, 2.24) is 19.8 Å². The molecule has 3 rings (SSSR count). The van der Waals surface area contributed by atoms with Gasteiger partial charge in [0, 0.05) is 45.0 Å². The number of aromatic nitrogens is 2. The van der Waals surface area contributed by atoms with Crippen LogP contribution in [0, 0.1) is 0 Å². The number of rotatable bonds is 6. The minimum Gasteiger partial charge on any atom is -0.352 e. The van der Waals surface area contributed by atoms with E-state index in [0.29, 0.717) is 11.6 Å². The zero-order valence-electron chi connectivity index (χ0n) is 15.6. The molecule has 0 aliphatic carbocycles. The molecule has 6 heteroatoms. The van der Waals surface area contributed by atoms with Crippen LogP contribution in [0.25, 0.3) is 0 Å². The van der Waals surface area contributed by atoms with Crippen molar-refractivity contribution in [3.05, 3.63) is 53.9 Å². The van der Waals surface area contributed by atoms with Crippen LogP contribution in [0.15, 0.2) is 42.6 Å². The lowest BCUT2D eigenvalue weighted by Crippen LogP contribution is -2.48. The zero-order valence-corrected chi connectivity index (χ0v) is 15.6. The molecule has 1 N–H and O–H groups in total. The number of anilines is 1. The first-order chi connectivity index (χ1) is 12.7. The van der Waals surface area contributed by atoms with Crippen LogP contribution >= 0.6 is 0 Å². The van der Waals surface area contributed by atoms with Crippen molar-refractivity contribution < 1.29 is 4.79 Å². The molecule has 2 aromatic rings. The fourth-order valence-corrected chi connectivity index (χ4v) is 2.98. The Bertz CT molecular complexity index is 713. The Labute approximate surface area is 155 Å². The van der Waals surface area contributed by atoms with E-state index in [4.69, 9.17) is 0 Å². The predicted molar refractivity (Wildman–Crippen MR) is 103 cm³/mol. The summed E-state index contributed by atoms with van der Waals surface area (Å²) in [5.74, 6) is 0.506. The highest BCUT2D eigenvalue weighted by Crippen LogP contribution is 2.12. The average molecular weight is 353 g/mol. The van der Waals surface area contributed by atoms with E-state index in [1.54, 1.807) is 12.3 Å². The summed E-state index contributed by atoms with van der Waals surface area (Å²) in [6.45, 7) is 8.31. The quantitative estimate of drug-likeness (QED) is 0.865. The maximum atomic E-state index is 12.8. The van der Waals surface area contributed by atoms with Gasteiger partial charge in [0.15, 0.2) is 0 Å². The number of carbonyl (C=O) groups excluding carboxylic acids is 1. The Morgan fingerprint density at radius 1 is 1.15 bits per heavy atom. The van der Waals surface area contributed by atoms with Crippen molar-refractivity contribution in [2.24, 2.45) is 0 Å². The number of hydrogen-bond acceptors (Lipinski definition) is 5. The van der Waals surface area contributed by atoms with Gasteiger partial charge in [0.05, 0.1) is 0 Å². The van der Waals surface area contributed by atoms with Gasteiger partial charge in [0.1, 0.15) is 5.69 Å². The Morgan fingerprint density at radius 2 is 1.88 bits per heavy atom. The van der Waals surface area contributed by atoms with Crippen molar-refractivity contribution >= 4 is 11.9 Å². The molecule has 1 aliphatic heterocycles. The minimum atomic E-state index is -0.0148. The van der Waals surface area contributed by atoms with Crippen LogP contribution in [-0.4, -0.2) is 57.9 Å². The van der Waals surface area contributed by atoms with E-state index in [2.05, 4.69) is 58.3 Å². The van der Waals surface area contributed by atoms with Gasteiger partial charge in [-0.05, 0) is 25.0 Å². The van der Waals surface area contributed by atoms with Gasteiger partial charge in [-0.15, -0.1) is 0 Å². The first kappa shape index (κ1) is 18.3. The molecular formula is C20H27N5O. The highest BCUT2D eigenvalue weighted by atomic mass is 16.2. The zero-order chi connectivity index (χ0) is 18.4. The Kier molecular flexibility index (Phi) is 6.17. The summed E-state index contributed by atoms with van der Waals surface area (Å²) < 4.78 is 0. The van der Waals surface area contributed by atoms with Gasteiger partial charge in [0.2, 0.25) is 5.95 Å². The monoisotopic (exact) mass is 353 g/mol. The molecule has 2 heterocycles. The van der Waals surface area contributed by atoms with Crippen molar-refractivity contribution in [1.29, 1.82) is 0 Å². The summed E-state index contributed by atoms with van der Waals surface area (Å²) in [6, 6.07) is 12.4. The molecule has 1 aliphatic rings. The van der Waals surface area contributed by atoms with Gasteiger partial charge in [-0.3, -0.25) is 9.69 Å². The predicted octanol–water partition coefficient (Wildman–Crippen LogP) is 2.65. The lowest BCUT2D eigenvalue weighted by molar-refractivity contribution is 0.0622. The molecule has 0 spiro atoms. The summed E-state index contributed by atoms with van der Waals surface area (Å²) in [6.07, 6.45) is 2.63. The number of benzene rings is 1.